The highest BCUT2D eigenvalue weighted by Gasteiger charge is 2.34. The van der Waals surface area contributed by atoms with E-state index in [0.29, 0.717) is 6.42 Å². The second kappa shape index (κ2) is 13.1. The van der Waals surface area contributed by atoms with Crippen LogP contribution in [0.5, 0.6) is 5.75 Å². The highest BCUT2D eigenvalue weighted by molar-refractivity contribution is 7.89. The van der Waals surface area contributed by atoms with Gasteiger partial charge in [-0.2, -0.15) is 4.72 Å². The SMILES string of the molecule is CON(C)C(=O)CC(NS(=O)(=O)c1ccc([N+](=O)[O-])cc1OCCc1cccc2ccccc12)C(=O)OC(C)(C)C. The van der Waals surface area contributed by atoms with Gasteiger partial charge in [-0.1, -0.05) is 42.5 Å². The number of hydroxylamine groups is 2. The molecule has 3 rings (SSSR count). The Morgan fingerprint density at radius 3 is 2.41 bits per heavy atom. The van der Waals surface area contributed by atoms with E-state index in [-0.39, 0.29) is 18.0 Å². The van der Waals surface area contributed by atoms with Crippen molar-refractivity contribution < 1.29 is 37.2 Å². The number of nitrogens with one attached hydrogen (secondary N) is 1. The number of esters is 1. The van der Waals surface area contributed by atoms with Crippen molar-refractivity contribution >= 4 is 38.4 Å². The van der Waals surface area contributed by atoms with Gasteiger partial charge in [0.2, 0.25) is 15.9 Å². The number of hydrogen-bond donors (Lipinski definition) is 1. The number of sulfonamides is 1. The zero-order valence-electron chi connectivity index (χ0n) is 23.4. The molecule has 0 aliphatic carbocycles. The fourth-order valence-electron chi connectivity index (χ4n) is 3.93. The van der Waals surface area contributed by atoms with Crippen LogP contribution in [0.15, 0.2) is 65.6 Å². The van der Waals surface area contributed by atoms with Crippen LogP contribution in [-0.4, -0.2) is 62.7 Å². The Morgan fingerprint density at radius 2 is 1.76 bits per heavy atom. The first-order valence-corrected chi connectivity index (χ1v) is 14.1. The number of nitro benzene ring substituents is 1. The van der Waals surface area contributed by atoms with E-state index in [1.54, 1.807) is 20.8 Å². The van der Waals surface area contributed by atoms with Crippen molar-refractivity contribution in [3.63, 3.8) is 0 Å². The van der Waals surface area contributed by atoms with Crippen LogP contribution in [0.1, 0.15) is 32.8 Å². The third kappa shape index (κ3) is 8.46. The molecule has 0 spiro atoms. The fraction of sp³-hybridized carbons (Fsp3) is 0.357. The predicted octanol–water partition coefficient (Wildman–Crippen LogP) is 3.77. The van der Waals surface area contributed by atoms with Crippen LogP contribution in [0.4, 0.5) is 5.69 Å². The van der Waals surface area contributed by atoms with Gasteiger partial charge in [-0.05, 0) is 43.2 Å². The summed E-state index contributed by atoms with van der Waals surface area (Å²) < 4.78 is 40.4. The number of ether oxygens (including phenoxy) is 2. The summed E-state index contributed by atoms with van der Waals surface area (Å²) in [6.07, 6.45) is -0.224. The molecule has 0 saturated heterocycles. The molecule has 0 aliphatic heterocycles. The van der Waals surface area contributed by atoms with Crippen molar-refractivity contribution in [2.45, 2.75) is 50.2 Å². The molecule has 1 unspecified atom stereocenters. The molecule has 0 fully saturated rings. The fourth-order valence-corrected chi connectivity index (χ4v) is 5.24. The lowest BCUT2D eigenvalue weighted by molar-refractivity contribution is -0.385. The third-order valence-corrected chi connectivity index (χ3v) is 7.44. The van der Waals surface area contributed by atoms with Crippen molar-refractivity contribution in [3.05, 3.63) is 76.3 Å². The van der Waals surface area contributed by atoms with Crippen molar-refractivity contribution in [2.75, 3.05) is 20.8 Å². The Labute approximate surface area is 238 Å². The standard InChI is InChI=1S/C28H33N3O9S/c1-28(2,3)40-27(33)23(18-26(32)30(4)38-5)29-41(36,37)25-14-13-21(31(34)35)17-24(25)39-16-15-20-11-8-10-19-9-6-7-12-22(19)20/h6-14,17,23,29H,15-16,18H2,1-5H3. The molecular weight excluding hydrogens is 554 g/mol. The predicted molar refractivity (Wildman–Crippen MR) is 151 cm³/mol. The minimum absolute atomic E-state index is 0.00427. The van der Waals surface area contributed by atoms with E-state index in [1.807, 2.05) is 42.5 Å². The number of carbonyl (C=O) groups is 2. The van der Waals surface area contributed by atoms with Crippen molar-refractivity contribution in [1.29, 1.82) is 0 Å². The second-order valence-electron chi connectivity index (χ2n) is 10.1. The third-order valence-electron chi connectivity index (χ3n) is 5.93. The van der Waals surface area contributed by atoms with Crippen molar-refractivity contribution in [1.82, 2.24) is 9.79 Å². The quantitative estimate of drug-likeness (QED) is 0.189. The molecule has 0 aromatic heterocycles. The summed E-state index contributed by atoms with van der Waals surface area (Å²) in [6.45, 7) is 4.79. The normalized spacial score (nSPS) is 12.5. The lowest BCUT2D eigenvalue weighted by atomic mass is 10.0. The number of nitrogens with zero attached hydrogens (tertiary/aromatic N) is 2. The van der Waals surface area contributed by atoms with Crippen molar-refractivity contribution in [2.24, 2.45) is 0 Å². The number of amides is 1. The number of fused-ring (bicyclic) bond motifs is 1. The highest BCUT2D eigenvalue weighted by Crippen LogP contribution is 2.30. The van der Waals surface area contributed by atoms with Crippen LogP contribution in [0.2, 0.25) is 0 Å². The van der Waals surface area contributed by atoms with Crippen molar-refractivity contribution in [3.8, 4) is 5.75 Å². The maximum atomic E-state index is 13.5. The number of hydrogen-bond acceptors (Lipinski definition) is 9. The van der Waals surface area contributed by atoms with Gasteiger partial charge in [0.15, 0.2) is 0 Å². The van der Waals surface area contributed by atoms with Gasteiger partial charge in [-0.25, -0.2) is 13.5 Å². The van der Waals surface area contributed by atoms with Gasteiger partial charge in [0.05, 0.1) is 31.1 Å². The summed E-state index contributed by atoms with van der Waals surface area (Å²) in [6, 6.07) is 14.9. The van der Waals surface area contributed by atoms with E-state index < -0.39 is 49.8 Å². The number of rotatable bonds is 12. The van der Waals surface area contributed by atoms with Crippen LogP contribution in [0.3, 0.4) is 0 Å². The molecule has 13 heteroatoms. The zero-order chi connectivity index (χ0) is 30.4. The van der Waals surface area contributed by atoms with Crippen LogP contribution in [-0.2, 0) is 35.6 Å². The average molecular weight is 588 g/mol. The molecule has 0 heterocycles. The van der Waals surface area contributed by atoms with Gasteiger partial charge in [-0.3, -0.25) is 24.5 Å². The number of nitro groups is 1. The Bertz CT molecular complexity index is 1530. The van der Waals surface area contributed by atoms with Crippen LogP contribution >= 0.6 is 0 Å². The Morgan fingerprint density at radius 1 is 1.07 bits per heavy atom. The summed E-state index contributed by atoms with van der Waals surface area (Å²) in [5, 5.41) is 14.3. The molecule has 1 atom stereocenters. The lowest BCUT2D eigenvalue weighted by Gasteiger charge is -2.25. The van der Waals surface area contributed by atoms with Gasteiger partial charge in [0.25, 0.3) is 5.69 Å². The van der Waals surface area contributed by atoms with Gasteiger partial charge in [0, 0.05) is 19.5 Å². The monoisotopic (exact) mass is 587 g/mol. The molecule has 3 aromatic rings. The molecule has 0 radical (unpaired) electrons. The topological polar surface area (TPSA) is 154 Å². The summed E-state index contributed by atoms with van der Waals surface area (Å²) >= 11 is 0. The maximum absolute atomic E-state index is 13.5. The molecule has 220 valence electrons. The molecule has 0 aliphatic rings. The van der Waals surface area contributed by atoms with Gasteiger partial charge < -0.3 is 9.47 Å². The van der Waals surface area contributed by atoms with E-state index in [2.05, 4.69) is 4.72 Å². The van der Waals surface area contributed by atoms with Gasteiger partial charge in [0.1, 0.15) is 22.3 Å². The van der Waals surface area contributed by atoms with Crippen LogP contribution in [0, 0.1) is 10.1 Å². The molecule has 41 heavy (non-hydrogen) atoms. The lowest BCUT2D eigenvalue weighted by Crippen LogP contribution is -2.46. The highest BCUT2D eigenvalue weighted by atomic mass is 32.2. The molecule has 1 amide bonds. The number of non-ortho nitro benzene ring substituents is 1. The Kier molecular flexibility index (Phi) is 10.0. The Balaban J connectivity index is 1.91. The summed E-state index contributed by atoms with van der Waals surface area (Å²) in [5.74, 6) is -1.96. The van der Waals surface area contributed by atoms with Gasteiger partial charge >= 0.3 is 5.97 Å². The molecule has 0 bridgehead atoms. The molecule has 12 nitrogen and oxygen atoms in total. The van der Waals surface area contributed by atoms with E-state index in [1.165, 1.54) is 14.2 Å². The maximum Gasteiger partial charge on any atom is 0.325 e. The van der Waals surface area contributed by atoms with E-state index in [0.717, 1.165) is 39.6 Å². The summed E-state index contributed by atoms with van der Waals surface area (Å²) in [4.78, 5) is 40.6. The smallest absolute Gasteiger partial charge is 0.325 e. The minimum Gasteiger partial charge on any atom is -0.492 e. The minimum atomic E-state index is -4.55. The molecule has 1 N–H and O–H groups in total. The van der Waals surface area contributed by atoms with Crippen LogP contribution in [0.25, 0.3) is 10.8 Å². The molecule has 3 aromatic carbocycles. The van der Waals surface area contributed by atoms with Crippen LogP contribution < -0.4 is 9.46 Å². The average Bonchev–Trinajstić information content (AvgIpc) is 2.91. The number of benzene rings is 3. The summed E-state index contributed by atoms with van der Waals surface area (Å²) in [5.41, 5.74) is -0.410. The van der Waals surface area contributed by atoms with E-state index in [9.17, 15) is 28.1 Å². The summed E-state index contributed by atoms with van der Waals surface area (Å²) in [7, 11) is -2.00. The molecular formula is C28H33N3O9S. The Hall–Kier alpha value is -4.07. The number of carbonyl (C=O) groups excluding carboxylic acids is 2. The largest absolute Gasteiger partial charge is 0.492 e. The molecule has 0 saturated carbocycles. The first-order chi connectivity index (χ1) is 19.2. The van der Waals surface area contributed by atoms with E-state index in [4.69, 9.17) is 14.3 Å². The zero-order valence-corrected chi connectivity index (χ0v) is 24.3. The second-order valence-corrected chi connectivity index (χ2v) is 11.8. The first-order valence-electron chi connectivity index (χ1n) is 12.7. The van der Waals surface area contributed by atoms with Gasteiger partial charge in [-0.15, -0.1) is 0 Å². The van der Waals surface area contributed by atoms with E-state index >= 15 is 0 Å². The first kappa shape index (κ1) is 31.5.